The Morgan fingerprint density at radius 1 is 0.967 bits per heavy atom. The molecule has 0 radical (unpaired) electrons. The van der Waals surface area contributed by atoms with Gasteiger partial charge >= 0.3 is 0 Å². The number of nitrogens with zero attached hydrogens (tertiary/aromatic N) is 2. The van der Waals surface area contributed by atoms with Crippen LogP contribution in [0.2, 0.25) is 0 Å². The Morgan fingerprint density at radius 3 is 2.40 bits per heavy atom. The van der Waals surface area contributed by atoms with Crippen LogP contribution in [0.4, 0.5) is 0 Å². The van der Waals surface area contributed by atoms with Crippen molar-refractivity contribution >= 4 is 0 Å². The van der Waals surface area contributed by atoms with Crippen LogP contribution in [-0.4, -0.2) is 9.55 Å². The molecule has 1 heterocycles. The van der Waals surface area contributed by atoms with E-state index in [1.54, 1.807) is 0 Å². The van der Waals surface area contributed by atoms with E-state index in [0.29, 0.717) is 11.8 Å². The van der Waals surface area contributed by atoms with Crippen LogP contribution >= 0.6 is 0 Å². The first-order chi connectivity index (χ1) is 14.4. The summed E-state index contributed by atoms with van der Waals surface area (Å²) >= 11 is 0. The quantitative estimate of drug-likeness (QED) is 0.354. The van der Waals surface area contributed by atoms with Crippen LogP contribution in [0.5, 0.6) is 0 Å². The summed E-state index contributed by atoms with van der Waals surface area (Å²) in [4.78, 5) is 5.18. The first-order valence-corrected chi connectivity index (χ1v) is 11.7. The van der Waals surface area contributed by atoms with E-state index < -0.39 is 0 Å². The standard InChI is InChI=1S/C28H38N2/c1-7-9-12-23(8-2)18-28-29-26(24-13-10-11-21(5)16-24)19-30(28)27-15-14-22(6)17-25(27)20(3)4/h10-11,13-17,19-20,23H,7-9,12,18H2,1-6H3. The molecular formula is C28H38N2. The molecule has 160 valence electrons. The molecule has 2 heteroatoms. The van der Waals surface area contributed by atoms with Crippen LogP contribution in [0.3, 0.4) is 0 Å². The smallest absolute Gasteiger partial charge is 0.114 e. The lowest BCUT2D eigenvalue weighted by molar-refractivity contribution is 0.438. The fraction of sp³-hybridized carbons (Fsp3) is 0.464. The highest BCUT2D eigenvalue weighted by molar-refractivity contribution is 5.61. The molecule has 1 unspecified atom stereocenters. The number of imidazole rings is 1. The fourth-order valence-corrected chi connectivity index (χ4v) is 4.27. The minimum absolute atomic E-state index is 0.472. The van der Waals surface area contributed by atoms with Crippen molar-refractivity contribution in [3.05, 3.63) is 71.2 Å². The van der Waals surface area contributed by atoms with Crippen molar-refractivity contribution in [1.29, 1.82) is 0 Å². The van der Waals surface area contributed by atoms with Crippen molar-refractivity contribution < 1.29 is 0 Å². The molecule has 1 atom stereocenters. The van der Waals surface area contributed by atoms with Crippen LogP contribution < -0.4 is 0 Å². The predicted octanol–water partition coefficient (Wildman–Crippen LogP) is 8.04. The van der Waals surface area contributed by atoms with Gasteiger partial charge in [-0.25, -0.2) is 4.98 Å². The second kappa shape index (κ2) is 10.1. The third-order valence-electron chi connectivity index (χ3n) is 6.17. The van der Waals surface area contributed by atoms with Gasteiger partial charge in [0, 0.05) is 18.2 Å². The van der Waals surface area contributed by atoms with Gasteiger partial charge in [-0.3, -0.25) is 0 Å². The molecule has 0 spiro atoms. The average molecular weight is 403 g/mol. The largest absolute Gasteiger partial charge is 0.303 e. The maximum atomic E-state index is 5.18. The van der Waals surface area contributed by atoms with Crippen LogP contribution in [-0.2, 0) is 6.42 Å². The highest BCUT2D eigenvalue weighted by Crippen LogP contribution is 2.30. The number of hydrogen-bond acceptors (Lipinski definition) is 1. The lowest BCUT2D eigenvalue weighted by Gasteiger charge is -2.19. The fourth-order valence-electron chi connectivity index (χ4n) is 4.27. The van der Waals surface area contributed by atoms with Gasteiger partial charge in [-0.2, -0.15) is 0 Å². The highest BCUT2D eigenvalue weighted by atomic mass is 15.1. The number of benzene rings is 2. The van der Waals surface area contributed by atoms with Crippen molar-refractivity contribution in [1.82, 2.24) is 9.55 Å². The molecule has 0 aliphatic rings. The summed E-state index contributed by atoms with van der Waals surface area (Å²) in [6.07, 6.45) is 8.34. The molecule has 0 aliphatic heterocycles. The zero-order chi connectivity index (χ0) is 21.7. The van der Waals surface area contributed by atoms with E-state index in [-0.39, 0.29) is 0 Å². The molecule has 0 fully saturated rings. The van der Waals surface area contributed by atoms with Crippen molar-refractivity contribution in [2.75, 3.05) is 0 Å². The monoisotopic (exact) mass is 402 g/mol. The molecule has 0 amide bonds. The van der Waals surface area contributed by atoms with Gasteiger partial charge in [0.1, 0.15) is 5.82 Å². The van der Waals surface area contributed by atoms with Gasteiger partial charge in [0.25, 0.3) is 0 Å². The first-order valence-electron chi connectivity index (χ1n) is 11.7. The van der Waals surface area contributed by atoms with Gasteiger partial charge in [-0.15, -0.1) is 0 Å². The van der Waals surface area contributed by atoms with Gasteiger partial charge in [0.2, 0.25) is 0 Å². The molecule has 2 nitrogen and oxygen atoms in total. The van der Waals surface area contributed by atoms with Gasteiger partial charge in [0.05, 0.1) is 11.4 Å². The van der Waals surface area contributed by atoms with Gasteiger partial charge in [-0.1, -0.05) is 94.8 Å². The van der Waals surface area contributed by atoms with Crippen molar-refractivity contribution in [2.45, 2.75) is 79.6 Å². The van der Waals surface area contributed by atoms with Crippen molar-refractivity contribution in [3.63, 3.8) is 0 Å². The van der Waals surface area contributed by atoms with E-state index in [9.17, 15) is 0 Å². The number of rotatable bonds is 9. The zero-order valence-electron chi connectivity index (χ0n) is 19.7. The molecule has 0 bridgehead atoms. The van der Waals surface area contributed by atoms with E-state index in [1.807, 2.05) is 0 Å². The van der Waals surface area contributed by atoms with Crippen LogP contribution in [0.25, 0.3) is 16.9 Å². The van der Waals surface area contributed by atoms with E-state index >= 15 is 0 Å². The van der Waals surface area contributed by atoms with Crippen LogP contribution in [0, 0.1) is 19.8 Å². The lowest BCUT2D eigenvalue weighted by Crippen LogP contribution is -2.11. The maximum absolute atomic E-state index is 5.18. The van der Waals surface area contributed by atoms with E-state index in [1.165, 1.54) is 59.4 Å². The Bertz CT molecular complexity index is 965. The molecule has 0 saturated heterocycles. The average Bonchev–Trinajstić information content (AvgIpc) is 3.14. The van der Waals surface area contributed by atoms with Crippen LogP contribution in [0.15, 0.2) is 48.7 Å². The molecule has 3 aromatic rings. The number of hydrogen-bond donors (Lipinski definition) is 0. The summed E-state index contributed by atoms with van der Waals surface area (Å²) in [5, 5.41) is 0. The number of unbranched alkanes of at least 4 members (excludes halogenated alkanes) is 1. The summed E-state index contributed by atoms with van der Waals surface area (Å²) in [5.41, 5.74) is 7.55. The second-order valence-corrected chi connectivity index (χ2v) is 9.12. The molecule has 0 aliphatic carbocycles. The highest BCUT2D eigenvalue weighted by Gasteiger charge is 2.18. The Morgan fingerprint density at radius 2 is 1.73 bits per heavy atom. The van der Waals surface area contributed by atoms with Gasteiger partial charge in [-0.05, 0) is 43.4 Å². The normalized spacial score (nSPS) is 12.5. The Hall–Kier alpha value is -2.35. The number of aryl methyl sites for hydroxylation is 2. The molecular weight excluding hydrogens is 364 g/mol. The molecule has 2 aromatic carbocycles. The van der Waals surface area contributed by atoms with Crippen molar-refractivity contribution in [3.8, 4) is 16.9 Å². The summed E-state index contributed by atoms with van der Waals surface area (Å²) in [6.45, 7) is 13.5. The molecule has 0 N–H and O–H groups in total. The third-order valence-corrected chi connectivity index (χ3v) is 6.17. The molecule has 0 saturated carbocycles. The minimum atomic E-state index is 0.472. The predicted molar refractivity (Wildman–Crippen MR) is 130 cm³/mol. The van der Waals surface area contributed by atoms with E-state index in [0.717, 1.165) is 12.1 Å². The Kier molecular flexibility index (Phi) is 7.53. The van der Waals surface area contributed by atoms with Crippen molar-refractivity contribution in [2.24, 2.45) is 5.92 Å². The Balaban J connectivity index is 2.10. The Labute approximate surface area is 183 Å². The SMILES string of the molecule is CCCCC(CC)Cc1nc(-c2cccc(C)c2)cn1-c1ccc(C)cc1C(C)C. The first kappa shape index (κ1) is 22.3. The molecule has 1 aromatic heterocycles. The summed E-state index contributed by atoms with van der Waals surface area (Å²) in [6, 6.07) is 15.5. The van der Waals surface area contributed by atoms with Gasteiger partial charge in [0.15, 0.2) is 0 Å². The molecule has 30 heavy (non-hydrogen) atoms. The number of aromatic nitrogens is 2. The minimum Gasteiger partial charge on any atom is -0.303 e. The zero-order valence-corrected chi connectivity index (χ0v) is 19.7. The summed E-state index contributed by atoms with van der Waals surface area (Å²) < 4.78 is 2.38. The third kappa shape index (κ3) is 5.22. The van der Waals surface area contributed by atoms with Crippen LogP contribution in [0.1, 0.15) is 81.8 Å². The molecule has 3 rings (SSSR count). The topological polar surface area (TPSA) is 17.8 Å². The van der Waals surface area contributed by atoms with E-state index in [2.05, 4.69) is 94.8 Å². The second-order valence-electron chi connectivity index (χ2n) is 9.12. The lowest BCUT2D eigenvalue weighted by atomic mass is 9.95. The summed E-state index contributed by atoms with van der Waals surface area (Å²) in [7, 11) is 0. The van der Waals surface area contributed by atoms with Gasteiger partial charge < -0.3 is 4.57 Å². The maximum Gasteiger partial charge on any atom is 0.114 e. The van der Waals surface area contributed by atoms with E-state index in [4.69, 9.17) is 4.98 Å². The summed E-state index contributed by atoms with van der Waals surface area (Å²) in [5.74, 6) is 2.35.